The summed E-state index contributed by atoms with van der Waals surface area (Å²) in [5.41, 5.74) is 2.42. The highest BCUT2D eigenvalue weighted by molar-refractivity contribution is 9.10. The SMILES string of the molecule is CCNCc1ccc(Oc2ccc(F)cc2Br)cc1C. The van der Waals surface area contributed by atoms with Gasteiger partial charge in [0.25, 0.3) is 0 Å². The molecule has 0 aliphatic carbocycles. The summed E-state index contributed by atoms with van der Waals surface area (Å²) in [5.74, 6) is 1.06. The lowest BCUT2D eigenvalue weighted by Gasteiger charge is -2.11. The highest BCUT2D eigenvalue weighted by Gasteiger charge is 2.06. The zero-order valence-electron chi connectivity index (χ0n) is 11.5. The number of halogens is 2. The van der Waals surface area contributed by atoms with Gasteiger partial charge in [-0.1, -0.05) is 13.0 Å². The normalized spacial score (nSPS) is 10.6. The van der Waals surface area contributed by atoms with Gasteiger partial charge in [-0.3, -0.25) is 0 Å². The van der Waals surface area contributed by atoms with Crippen molar-refractivity contribution in [3.05, 3.63) is 57.8 Å². The molecule has 0 atom stereocenters. The molecule has 2 nitrogen and oxygen atoms in total. The largest absolute Gasteiger partial charge is 0.456 e. The molecule has 0 saturated heterocycles. The van der Waals surface area contributed by atoms with E-state index < -0.39 is 0 Å². The molecule has 0 saturated carbocycles. The fourth-order valence-electron chi connectivity index (χ4n) is 1.87. The van der Waals surface area contributed by atoms with Gasteiger partial charge in [0.1, 0.15) is 17.3 Å². The third kappa shape index (κ3) is 3.81. The van der Waals surface area contributed by atoms with Crippen LogP contribution in [0.5, 0.6) is 11.5 Å². The number of rotatable bonds is 5. The van der Waals surface area contributed by atoms with E-state index in [1.54, 1.807) is 6.07 Å². The van der Waals surface area contributed by atoms with Gasteiger partial charge in [0.05, 0.1) is 4.47 Å². The van der Waals surface area contributed by atoms with Crippen LogP contribution in [-0.2, 0) is 6.54 Å². The zero-order chi connectivity index (χ0) is 14.5. The molecule has 0 fully saturated rings. The first-order valence-corrected chi connectivity index (χ1v) is 7.32. The number of hydrogen-bond donors (Lipinski definition) is 1. The zero-order valence-corrected chi connectivity index (χ0v) is 13.1. The Bertz CT molecular complexity index is 601. The first-order chi connectivity index (χ1) is 9.60. The number of hydrogen-bond acceptors (Lipinski definition) is 2. The van der Waals surface area contributed by atoms with E-state index >= 15 is 0 Å². The second-order valence-corrected chi connectivity index (χ2v) is 5.40. The smallest absolute Gasteiger partial charge is 0.141 e. The standard InChI is InChI=1S/C16H17BrFNO/c1-3-19-10-12-4-6-14(8-11(12)2)20-16-7-5-13(18)9-15(16)17/h4-9,19H,3,10H2,1-2H3. The van der Waals surface area contributed by atoms with Crippen LogP contribution >= 0.6 is 15.9 Å². The molecule has 1 N–H and O–H groups in total. The molecule has 106 valence electrons. The van der Waals surface area contributed by atoms with Crippen LogP contribution in [0.1, 0.15) is 18.1 Å². The Morgan fingerprint density at radius 3 is 2.65 bits per heavy atom. The Labute approximate surface area is 127 Å². The molecule has 0 spiro atoms. The van der Waals surface area contributed by atoms with Gasteiger partial charge < -0.3 is 10.1 Å². The molecule has 0 bridgehead atoms. The fraction of sp³-hybridized carbons (Fsp3) is 0.250. The van der Waals surface area contributed by atoms with E-state index in [-0.39, 0.29) is 5.82 Å². The number of nitrogens with one attached hydrogen (secondary N) is 1. The molecule has 0 aromatic heterocycles. The lowest BCUT2D eigenvalue weighted by molar-refractivity contribution is 0.476. The van der Waals surface area contributed by atoms with E-state index in [0.717, 1.165) is 18.8 Å². The molecule has 2 aromatic carbocycles. The van der Waals surface area contributed by atoms with E-state index in [1.807, 2.05) is 18.2 Å². The molecular formula is C16H17BrFNO. The van der Waals surface area contributed by atoms with E-state index in [4.69, 9.17) is 4.74 Å². The van der Waals surface area contributed by atoms with E-state index in [1.165, 1.54) is 23.3 Å². The van der Waals surface area contributed by atoms with Crippen molar-refractivity contribution in [2.45, 2.75) is 20.4 Å². The summed E-state index contributed by atoms with van der Waals surface area (Å²) in [7, 11) is 0. The van der Waals surface area contributed by atoms with Crippen LogP contribution in [0.3, 0.4) is 0 Å². The van der Waals surface area contributed by atoms with Gasteiger partial charge in [-0.05, 0) is 70.9 Å². The molecule has 0 aliphatic rings. The van der Waals surface area contributed by atoms with Crippen molar-refractivity contribution in [1.29, 1.82) is 0 Å². The van der Waals surface area contributed by atoms with Gasteiger partial charge in [-0.2, -0.15) is 0 Å². The minimum atomic E-state index is -0.290. The van der Waals surface area contributed by atoms with E-state index in [2.05, 4.69) is 35.1 Å². The third-order valence-corrected chi connectivity index (χ3v) is 3.62. The Balaban J connectivity index is 2.15. The van der Waals surface area contributed by atoms with Crippen molar-refractivity contribution < 1.29 is 9.13 Å². The van der Waals surface area contributed by atoms with Crippen molar-refractivity contribution in [3.63, 3.8) is 0 Å². The number of ether oxygens (including phenoxy) is 1. The minimum absolute atomic E-state index is 0.290. The van der Waals surface area contributed by atoms with Gasteiger partial charge in [-0.25, -0.2) is 4.39 Å². The van der Waals surface area contributed by atoms with Crippen molar-refractivity contribution in [2.24, 2.45) is 0 Å². The predicted octanol–water partition coefficient (Wildman–Crippen LogP) is 4.80. The van der Waals surface area contributed by atoms with E-state index in [0.29, 0.717) is 10.2 Å². The van der Waals surface area contributed by atoms with Crippen molar-refractivity contribution in [1.82, 2.24) is 5.32 Å². The molecular weight excluding hydrogens is 321 g/mol. The monoisotopic (exact) mass is 337 g/mol. The Morgan fingerprint density at radius 1 is 1.20 bits per heavy atom. The molecule has 0 aliphatic heterocycles. The molecule has 20 heavy (non-hydrogen) atoms. The van der Waals surface area contributed by atoms with Crippen LogP contribution in [-0.4, -0.2) is 6.54 Å². The van der Waals surface area contributed by atoms with Crippen molar-refractivity contribution in [3.8, 4) is 11.5 Å². The molecule has 0 radical (unpaired) electrons. The van der Waals surface area contributed by atoms with Crippen LogP contribution in [0.2, 0.25) is 0 Å². The minimum Gasteiger partial charge on any atom is -0.456 e. The maximum atomic E-state index is 13.0. The lowest BCUT2D eigenvalue weighted by atomic mass is 10.1. The molecule has 0 amide bonds. The summed E-state index contributed by atoms with van der Waals surface area (Å²) < 4.78 is 19.4. The van der Waals surface area contributed by atoms with Gasteiger partial charge in [0, 0.05) is 6.54 Å². The second kappa shape index (κ2) is 6.86. The maximum absolute atomic E-state index is 13.0. The average molecular weight is 338 g/mol. The van der Waals surface area contributed by atoms with Gasteiger partial charge in [0.2, 0.25) is 0 Å². The average Bonchev–Trinajstić information content (AvgIpc) is 2.41. The summed E-state index contributed by atoms with van der Waals surface area (Å²) in [5, 5.41) is 3.30. The second-order valence-electron chi connectivity index (χ2n) is 4.55. The van der Waals surface area contributed by atoms with Gasteiger partial charge >= 0.3 is 0 Å². The Hall–Kier alpha value is -1.39. The molecule has 0 unspecified atom stereocenters. The summed E-state index contributed by atoms with van der Waals surface area (Å²) in [4.78, 5) is 0. The van der Waals surface area contributed by atoms with Gasteiger partial charge in [0.15, 0.2) is 0 Å². The highest BCUT2D eigenvalue weighted by atomic mass is 79.9. The van der Waals surface area contributed by atoms with Crippen molar-refractivity contribution in [2.75, 3.05) is 6.54 Å². The first kappa shape index (κ1) is 15.0. The molecule has 0 heterocycles. The predicted molar refractivity (Wildman–Crippen MR) is 82.7 cm³/mol. The summed E-state index contributed by atoms with van der Waals surface area (Å²) in [6.45, 7) is 5.93. The third-order valence-electron chi connectivity index (χ3n) is 3.00. The molecule has 4 heteroatoms. The first-order valence-electron chi connectivity index (χ1n) is 6.53. The van der Waals surface area contributed by atoms with Crippen LogP contribution in [0, 0.1) is 12.7 Å². The fourth-order valence-corrected chi connectivity index (χ4v) is 2.31. The Morgan fingerprint density at radius 2 is 2.00 bits per heavy atom. The van der Waals surface area contributed by atoms with Crippen LogP contribution in [0.4, 0.5) is 4.39 Å². The number of aryl methyl sites for hydroxylation is 1. The lowest BCUT2D eigenvalue weighted by Crippen LogP contribution is -2.12. The summed E-state index contributed by atoms with van der Waals surface area (Å²) in [6.07, 6.45) is 0. The molecule has 2 aromatic rings. The van der Waals surface area contributed by atoms with Crippen LogP contribution in [0.15, 0.2) is 40.9 Å². The van der Waals surface area contributed by atoms with Crippen LogP contribution in [0.25, 0.3) is 0 Å². The molecule has 2 rings (SSSR count). The topological polar surface area (TPSA) is 21.3 Å². The maximum Gasteiger partial charge on any atom is 0.141 e. The summed E-state index contributed by atoms with van der Waals surface area (Å²) >= 11 is 3.30. The van der Waals surface area contributed by atoms with Crippen molar-refractivity contribution >= 4 is 15.9 Å². The van der Waals surface area contributed by atoms with Gasteiger partial charge in [-0.15, -0.1) is 0 Å². The quantitative estimate of drug-likeness (QED) is 0.846. The summed E-state index contributed by atoms with van der Waals surface area (Å²) in [6, 6.07) is 10.3. The van der Waals surface area contributed by atoms with E-state index in [9.17, 15) is 4.39 Å². The number of benzene rings is 2. The highest BCUT2D eigenvalue weighted by Crippen LogP contribution is 2.31. The Kier molecular flexibility index (Phi) is 5.15. The van der Waals surface area contributed by atoms with Crippen LogP contribution < -0.4 is 10.1 Å².